The van der Waals surface area contributed by atoms with Crippen molar-refractivity contribution in [1.29, 1.82) is 0 Å². The molecule has 0 unspecified atom stereocenters. The molecule has 114 valence electrons. The molecule has 0 spiro atoms. The third kappa shape index (κ3) is 5.48. The van der Waals surface area contributed by atoms with Crippen molar-refractivity contribution in [2.45, 2.75) is 20.4 Å². The van der Waals surface area contributed by atoms with Gasteiger partial charge in [0.2, 0.25) is 0 Å². The molecular formula is C13H22ClN3O3. The maximum atomic E-state index is 11.9. The van der Waals surface area contributed by atoms with Crippen LogP contribution in [0.1, 0.15) is 13.8 Å². The third-order valence-electron chi connectivity index (χ3n) is 2.51. The molecule has 1 N–H and O–H groups in total. The Hall–Kier alpha value is -1.11. The Labute approximate surface area is 124 Å². The van der Waals surface area contributed by atoms with Gasteiger partial charge in [-0.15, -0.1) is 0 Å². The molecule has 0 saturated carbocycles. The number of nitrogens with zero attached hydrogens (tertiary/aromatic N) is 2. The molecule has 0 radical (unpaired) electrons. The third-order valence-corrected chi connectivity index (χ3v) is 2.87. The summed E-state index contributed by atoms with van der Waals surface area (Å²) in [6.07, 6.45) is 1.54. The molecule has 6 nitrogen and oxygen atoms in total. The van der Waals surface area contributed by atoms with Gasteiger partial charge < -0.3 is 14.8 Å². The topological polar surface area (TPSA) is 65.4 Å². The molecular weight excluding hydrogens is 282 g/mol. The van der Waals surface area contributed by atoms with Crippen LogP contribution in [0.2, 0.25) is 5.02 Å². The van der Waals surface area contributed by atoms with Crippen molar-refractivity contribution in [2.24, 2.45) is 5.92 Å². The second-order valence-electron chi connectivity index (χ2n) is 4.79. The summed E-state index contributed by atoms with van der Waals surface area (Å²) >= 11 is 6.02. The number of nitrogens with one attached hydrogen (secondary N) is 1. The van der Waals surface area contributed by atoms with Crippen LogP contribution in [-0.4, -0.2) is 43.3 Å². The van der Waals surface area contributed by atoms with Gasteiger partial charge >= 0.3 is 0 Å². The second-order valence-corrected chi connectivity index (χ2v) is 5.17. The Kier molecular flexibility index (Phi) is 7.58. The molecule has 1 heterocycles. The summed E-state index contributed by atoms with van der Waals surface area (Å²) in [5.41, 5.74) is 0.204. The monoisotopic (exact) mass is 303 g/mol. The van der Waals surface area contributed by atoms with Crippen LogP contribution in [-0.2, 0) is 16.0 Å². The molecule has 7 heteroatoms. The Morgan fingerprint density at radius 3 is 2.85 bits per heavy atom. The van der Waals surface area contributed by atoms with Crippen LogP contribution in [0.3, 0.4) is 0 Å². The molecule has 0 aromatic carbocycles. The predicted octanol–water partition coefficient (Wildman–Crippen LogP) is 1.63. The maximum Gasteiger partial charge on any atom is 0.287 e. The highest BCUT2D eigenvalue weighted by Crippen LogP contribution is 2.14. The number of halogens is 1. The molecule has 1 rings (SSSR count). The molecule has 0 bridgehead atoms. The van der Waals surface area contributed by atoms with Crippen LogP contribution < -0.4 is 10.9 Å². The van der Waals surface area contributed by atoms with Gasteiger partial charge in [-0.1, -0.05) is 25.4 Å². The molecule has 0 saturated heterocycles. The van der Waals surface area contributed by atoms with Crippen LogP contribution in [0, 0.1) is 5.92 Å². The summed E-state index contributed by atoms with van der Waals surface area (Å²) in [7, 11) is 1.57. The van der Waals surface area contributed by atoms with Crippen molar-refractivity contribution in [3.8, 4) is 0 Å². The number of hydrogen-bond donors (Lipinski definition) is 1. The fourth-order valence-corrected chi connectivity index (χ4v) is 1.72. The van der Waals surface area contributed by atoms with Crippen LogP contribution in [0.15, 0.2) is 11.0 Å². The number of anilines is 1. The number of hydrogen-bond acceptors (Lipinski definition) is 5. The van der Waals surface area contributed by atoms with E-state index >= 15 is 0 Å². The minimum Gasteiger partial charge on any atom is -0.383 e. The van der Waals surface area contributed by atoms with Gasteiger partial charge in [0.25, 0.3) is 5.56 Å². The fraction of sp³-hybridized carbons (Fsp3) is 0.692. The summed E-state index contributed by atoms with van der Waals surface area (Å²) in [4.78, 5) is 11.9. The average Bonchev–Trinajstić information content (AvgIpc) is 2.41. The number of aromatic nitrogens is 2. The molecule has 0 aliphatic carbocycles. The van der Waals surface area contributed by atoms with Crippen LogP contribution in [0.4, 0.5) is 5.69 Å². The zero-order valence-corrected chi connectivity index (χ0v) is 12.9. The first-order valence-electron chi connectivity index (χ1n) is 6.62. The standard InChI is InChI=1S/C13H22ClN3O3/c1-10(2)9-20-6-4-15-11-8-16-17(5-7-19-3)13(18)12(11)14/h8,10,15H,4-7,9H2,1-3H3. The van der Waals surface area contributed by atoms with Crippen molar-refractivity contribution < 1.29 is 9.47 Å². The van der Waals surface area contributed by atoms with E-state index in [1.165, 1.54) is 4.68 Å². The second kappa shape index (κ2) is 8.94. The highest BCUT2D eigenvalue weighted by molar-refractivity contribution is 6.32. The van der Waals surface area contributed by atoms with Gasteiger partial charge in [0, 0.05) is 20.3 Å². The first-order valence-corrected chi connectivity index (χ1v) is 7.00. The van der Waals surface area contributed by atoms with Gasteiger partial charge in [-0.05, 0) is 5.92 Å². The quantitative estimate of drug-likeness (QED) is 0.702. The van der Waals surface area contributed by atoms with E-state index in [-0.39, 0.29) is 10.6 Å². The lowest BCUT2D eigenvalue weighted by Crippen LogP contribution is -2.26. The van der Waals surface area contributed by atoms with Gasteiger partial charge in [0.05, 0.1) is 31.6 Å². The Balaban J connectivity index is 2.51. The molecule has 0 aliphatic rings. The van der Waals surface area contributed by atoms with Crippen molar-refractivity contribution in [2.75, 3.05) is 38.8 Å². The van der Waals surface area contributed by atoms with Crippen molar-refractivity contribution in [3.05, 3.63) is 21.6 Å². The Morgan fingerprint density at radius 2 is 2.20 bits per heavy atom. The van der Waals surface area contributed by atoms with E-state index in [1.807, 2.05) is 0 Å². The maximum absolute atomic E-state index is 11.9. The normalized spacial score (nSPS) is 11.1. The number of methoxy groups -OCH3 is 1. The summed E-state index contributed by atoms with van der Waals surface area (Å²) < 4.78 is 11.6. The van der Waals surface area contributed by atoms with Crippen molar-refractivity contribution >= 4 is 17.3 Å². The van der Waals surface area contributed by atoms with Crippen LogP contribution in [0.5, 0.6) is 0 Å². The lowest BCUT2D eigenvalue weighted by molar-refractivity contribution is 0.118. The highest BCUT2D eigenvalue weighted by atomic mass is 35.5. The largest absolute Gasteiger partial charge is 0.383 e. The van der Waals surface area contributed by atoms with E-state index in [4.69, 9.17) is 21.1 Å². The summed E-state index contributed by atoms with van der Waals surface area (Å²) in [6, 6.07) is 0. The highest BCUT2D eigenvalue weighted by Gasteiger charge is 2.08. The Bertz CT molecular complexity index is 463. The first kappa shape index (κ1) is 16.9. The first-order chi connectivity index (χ1) is 9.56. The van der Waals surface area contributed by atoms with Crippen molar-refractivity contribution in [3.63, 3.8) is 0 Å². The fourth-order valence-electron chi connectivity index (χ4n) is 1.50. The van der Waals surface area contributed by atoms with E-state index in [0.717, 1.165) is 0 Å². The summed E-state index contributed by atoms with van der Waals surface area (Å²) in [5.74, 6) is 0.505. The van der Waals surface area contributed by atoms with Gasteiger partial charge in [-0.25, -0.2) is 4.68 Å². The smallest absolute Gasteiger partial charge is 0.287 e. The predicted molar refractivity (Wildman–Crippen MR) is 79.5 cm³/mol. The SMILES string of the molecule is COCCn1ncc(NCCOCC(C)C)c(Cl)c1=O. The van der Waals surface area contributed by atoms with Gasteiger partial charge in [0.1, 0.15) is 5.02 Å². The van der Waals surface area contributed by atoms with E-state index in [9.17, 15) is 4.79 Å². The molecule has 0 aliphatic heterocycles. The van der Waals surface area contributed by atoms with Gasteiger partial charge in [-0.2, -0.15) is 5.10 Å². The zero-order valence-electron chi connectivity index (χ0n) is 12.2. The van der Waals surface area contributed by atoms with E-state index in [0.29, 0.717) is 44.5 Å². The summed E-state index contributed by atoms with van der Waals surface area (Å²) in [6.45, 7) is 6.83. The molecule has 1 aromatic rings. The lowest BCUT2D eigenvalue weighted by atomic mass is 10.2. The van der Waals surface area contributed by atoms with Gasteiger partial charge in [0.15, 0.2) is 0 Å². The summed E-state index contributed by atoms with van der Waals surface area (Å²) in [5, 5.41) is 7.23. The van der Waals surface area contributed by atoms with Gasteiger partial charge in [-0.3, -0.25) is 4.79 Å². The van der Waals surface area contributed by atoms with Crippen molar-refractivity contribution in [1.82, 2.24) is 9.78 Å². The molecule has 0 amide bonds. The molecule has 1 aromatic heterocycles. The number of ether oxygens (including phenoxy) is 2. The average molecular weight is 304 g/mol. The zero-order chi connectivity index (χ0) is 15.0. The molecule has 0 fully saturated rings. The van der Waals surface area contributed by atoms with E-state index in [2.05, 4.69) is 24.3 Å². The van der Waals surface area contributed by atoms with E-state index < -0.39 is 0 Å². The molecule has 20 heavy (non-hydrogen) atoms. The lowest BCUT2D eigenvalue weighted by Gasteiger charge is -2.11. The minimum absolute atomic E-state index is 0.139. The minimum atomic E-state index is -0.322. The van der Waals surface area contributed by atoms with Crippen LogP contribution in [0.25, 0.3) is 0 Å². The van der Waals surface area contributed by atoms with Crippen LogP contribution >= 0.6 is 11.6 Å². The van der Waals surface area contributed by atoms with E-state index in [1.54, 1.807) is 13.3 Å². The Morgan fingerprint density at radius 1 is 1.45 bits per heavy atom. The number of rotatable bonds is 9. The molecule has 0 atom stereocenters.